The summed E-state index contributed by atoms with van der Waals surface area (Å²) in [4.78, 5) is 10.5. The lowest BCUT2D eigenvalue weighted by Gasteiger charge is -2.03. The van der Waals surface area contributed by atoms with Crippen LogP contribution in [0.15, 0.2) is 46.9 Å². The van der Waals surface area contributed by atoms with Crippen LogP contribution in [0.3, 0.4) is 0 Å². The number of halogens is 2. The van der Waals surface area contributed by atoms with E-state index in [1.54, 1.807) is 6.07 Å². The molecule has 2 aromatic rings. The summed E-state index contributed by atoms with van der Waals surface area (Å²) in [5.41, 5.74) is 1.76. The molecule has 0 saturated carbocycles. The van der Waals surface area contributed by atoms with E-state index in [1.165, 1.54) is 12.1 Å². The van der Waals surface area contributed by atoms with Crippen LogP contribution in [-0.4, -0.2) is 6.29 Å². The highest BCUT2D eigenvalue weighted by molar-refractivity contribution is 9.10. The van der Waals surface area contributed by atoms with Crippen molar-refractivity contribution in [3.05, 3.63) is 58.3 Å². The molecule has 0 N–H and O–H groups in total. The van der Waals surface area contributed by atoms with Crippen molar-refractivity contribution < 1.29 is 9.18 Å². The first-order valence-corrected chi connectivity index (χ1v) is 5.50. The van der Waals surface area contributed by atoms with Crippen LogP contribution < -0.4 is 0 Å². The SMILES string of the molecule is O=Cc1ccc(-c2ccc(Br)cc2)cc1F. The molecule has 0 heterocycles. The molecule has 80 valence electrons. The third-order valence-electron chi connectivity index (χ3n) is 2.30. The Hall–Kier alpha value is -1.48. The minimum Gasteiger partial charge on any atom is -0.298 e. The predicted octanol–water partition coefficient (Wildman–Crippen LogP) is 4.07. The van der Waals surface area contributed by atoms with Gasteiger partial charge in [0.05, 0.1) is 5.56 Å². The van der Waals surface area contributed by atoms with Gasteiger partial charge in [0.15, 0.2) is 6.29 Å². The number of carbonyl (C=O) groups excluding carboxylic acids is 1. The molecule has 0 radical (unpaired) electrons. The van der Waals surface area contributed by atoms with Crippen molar-refractivity contribution in [1.82, 2.24) is 0 Å². The van der Waals surface area contributed by atoms with E-state index in [9.17, 15) is 9.18 Å². The number of aldehydes is 1. The van der Waals surface area contributed by atoms with Crippen LogP contribution in [0.25, 0.3) is 11.1 Å². The predicted molar refractivity (Wildman–Crippen MR) is 64.9 cm³/mol. The van der Waals surface area contributed by atoms with Crippen LogP contribution in [0, 0.1) is 5.82 Å². The molecule has 0 saturated heterocycles. The lowest BCUT2D eigenvalue weighted by atomic mass is 10.0. The number of rotatable bonds is 2. The fourth-order valence-corrected chi connectivity index (χ4v) is 1.71. The molecule has 0 aliphatic carbocycles. The van der Waals surface area contributed by atoms with Crippen molar-refractivity contribution in [2.24, 2.45) is 0 Å². The van der Waals surface area contributed by atoms with E-state index in [1.807, 2.05) is 24.3 Å². The third-order valence-corrected chi connectivity index (χ3v) is 2.83. The van der Waals surface area contributed by atoms with Crippen molar-refractivity contribution in [2.75, 3.05) is 0 Å². The van der Waals surface area contributed by atoms with Gasteiger partial charge in [-0.25, -0.2) is 4.39 Å². The van der Waals surface area contributed by atoms with E-state index in [0.29, 0.717) is 6.29 Å². The van der Waals surface area contributed by atoms with Crippen LogP contribution >= 0.6 is 15.9 Å². The topological polar surface area (TPSA) is 17.1 Å². The zero-order chi connectivity index (χ0) is 11.5. The Balaban J connectivity index is 2.45. The second-order valence-corrected chi connectivity index (χ2v) is 4.28. The Morgan fingerprint density at radius 3 is 2.19 bits per heavy atom. The third kappa shape index (κ3) is 2.19. The molecule has 2 aromatic carbocycles. The minimum absolute atomic E-state index is 0.0841. The van der Waals surface area contributed by atoms with Crippen LogP contribution in [0.4, 0.5) is 4.39 Å². The van der Waals surface area contributed by atoms with E-state index < -0.39 is 5.82 Å². The van der Waals surface area contributed by atoms with Gasteiger partial charge in [-0.3, -0.25) is 4.79 Å². The van der Waals surface area contributed by atoms with E-state index in [2.05, 4.69) is 15.9 Å². The van der Waals surface area contributed by atoms with E-state index in [-0.39, 0.29) is 5.56 Å². The van der Waals surface area contributed by atoms with Crippen molar-refractivity contribution in [2.45, 2.75) is 0 Å². The van der Waals surface area contributed by atoms with Crippen LogP contribution in [0.1, 0.15) is 10.4 Å². The Morgan fingerprint density at radius 1 is 1.00 bits per heavy atom. The van der Waals surface area contributed by atoms with Gasteiger partial charge in [0, 0.05) is 4.47 Å². The summed E-state index contributed by atoms with van der Waals surface area (Å²) in [6.45, 7) is 0. The van der Waals surface area contributed by atoms with Gasteiger partial charge < -0.3 is 0 Å². The molecule has 0 aliphatic heterocycles. The average Bonchev–Trinajstić information content (AvgIpc) is 2.30. The average molecular weight is 279 g/mol. The lowest BCUT2D eigenvalue weighted by molar-refractivity contribution is 0.112. The molecule has 0 aromatic heterocycles. The summed E-state index contributed by atoms with van der Waals surface area (Å²) < 4.78 is 14.3. The monoisotopic (exact) mass is 278 g/mol. The van der Waals surface area contributed by atoms with E-state index in [0.717, 1.165) is 15.6 Å². The molecule has 1 nitrogen and oxygen atoms in total. The lowest BCUT2D eigenvalue weighted by Crippen LogP contribution is -1.88. The van der Waals surface area contributed by atoms with Crippen LogP contribution in [-0.2, 0) is 0 Å². The summed E-state index contributed by atoms with van der Waals surface area (Å²) in [5, 5.41) is 0. The van der Waals surface area contributed by atoms with Gasteiger partial charge >= 0.3 is 0 Å². The van der Waals surface area contributed by atoms with Gasteiger partial charge in [0.2, 0.25) is 0 Å². The Morgan fingerprint density at radius 2 is 1.62 bits per heavy atom. The van der Waals surface area contributed by atoms with Gasteiger partial charge in [-0.05, 0) is 35.4 Å². The molecule has 3 heteroatoms. The molecule has 0 spiro atoms. The molecule has 0 unspecified atom stereocenters. The van der Waals surface area contributed by atoms with Crippen molar-refractivity contribution in [3.8, 4) is 11.1 Å². The van der Waals surface area contributed by atoms with Gasteiger partial charge in [0.1, 0.15) is 5.82 Å². The largest absolute Gasteiger partial charge is 0.298 e. The second kappa shape index (κ2) is 4.58. The molecule has 0 fully saturated rings. The minimum atomic E-state index is -0.490. The maximum atomic E-state index is 13.4. The van der Waals surface area contributed by atoms with Crippen molar-refractivity contribution >= 4 is 22.2 Å². The van der Waals surface area contributed by atoms with Crippen LogP contribution in [0.5, 0.6) is 0 Å². The highest BCUT2D eigenvalue weighted by Gasteiger charge is 2.03. The van der Waals surface area contributed by atoms with Crippen molar-refractivity contribution in [1.29, 1.82) is 0 Å². The maximum Gasteiger partial charge on any atom is 0.152 e. The van der Waals surface area contributed by atoms with E-state index >= 15 is 0 Å². The first-order valence-electron chi connectivity index (χ1n) is 4.71. The Labute approximate surface area is 101 Å². The van der Waals surface area contributed by atoms with Gasteiger partial charge in [-0.1, -0.05) is 34.1 Å². The molecule has 16 heavy (non-hydrogen) atoms. The van der Waals surface area contributed by atoms with Gasteiger partial charge in [-0.15, -0.1) is 0 Å². The van der Waals surface area contributed by atoms with E-state index in [4.69, 9.17) is 0 Å². The normalized spacial score (nSPS) is 10.1. The van der Waals surface area contributed by atoms with Gasteiger partial charge in [-0.2, -0.15) is 0 Å². The number of benzene rings is 2. The summed E-state index contributed by atoms with van der Waals surface area (Å²) >= 11 is 3.33. The molecule has 0 amide bonds. The standard InChI is InChI=1S/C13H8BrFO/c14-12-5-3-9(4-6-12)10-1-2-11(8-16)13(15)7-10/h1-8H. The summed E-state index contributed by atoms with van der Waals surface area (Å²) in [6.07, 6.45) is 0.515. The highest BCUT2D eigenvalue weighted by Crippen LogP contribution is 2.23. The zero-order valence-electron chi connectivity index (χ0n) is 8.28. The highest BCUT2D eigenvalue weighted by atomic mass is 79.9. The first kappa shape index (κ1) is 11.0. The molecular formula is C13H8BrFO. The molecule has 0 bridgehead atoms. The first-order chi connectivity index (χ1) is 7.70. The Bertz CT molecular complexity index is 520. The number of carbonyl (C=O) groups is 1. The maximum absolute atomic E-state index is 13.4. The zero-order valence-corrected chi connectivity index (χ0v) is 9.87. The molecule has 0 atom stereocenters. The summed E-state index contributed by atoms with van der Waals surface area (Å²) in [5.74, 6) is -0.490. The molecule has 0 aliphatic rings. The fourth-order valence-electron chi connectivity index (χ4n) is 1.44. The quantitative estimate of drug-likeness (QED) is 0.757. The number of hydrogen-bond acceptors (Lipinski definition) is 1. The Kier molecular flexibility index (Phi) is 3.15. The smallest absolute Gasteiger partial charge is 0.152 e. The number of hydrogen-bond donors (Lipinski definition) is 0. The molecular weight excluding hydrogens is 271 g/mol. The van der Waals surface area contributed by atoms with Crippen LogP contribution in [0.2, 0.25) is 0 Å². The fraction of sp³-hybridized carbons (Fsp3) is 0. The molecule has 2 rings (SSSR count). The summed E-state index contributed by atoms with van der Waals surface area (Å²) in [7, 11) is 0. The second-order valence-electron chi connectivity index (χ2n) is 3.36. The summed E-state index contributed by atoms with van der Waals surface area (Å²) in [6, 6.07) is 12.1. The van der Waals surface area contributed by atoms with Gasteiger partial charge in [0.25, 0.3) is 0 Å². The van der Waals surface area contributed by atoms with Crippen molar-refractivity contribution in [3.63, 3.8) is 0 Å².